The standard InChI is InChI=1S/C16H21N3O3/c1-10(6-7-20)9-17-16(21)18-12-4-5-13-14(8-12)22-15(19-13)11-2-3-11/h4-5,8,10-11,20H,2-3,6-7,9H2,1H3,(H2,17,18,21). The van der Waals surface area contributed by atoms with Crippen molar-refractivity contribution in [2.75, 3.05) is 18.5 Å². The second kappa shape index (κ2) is 6.36. The van der Waals surface area contributed by atoms with Crippen molar-refractivity contribution in [1.82, 2.24) is 10.3 Å². The lowest BCUT2D eigenvalue weighted by Crippen LogP contribution is -2.32. The monoisotopic (exact) mass is 303 g/mol. The zero-order valence-corrected chi connectivity index (χ0v) is 12.6. The van der Waals surface area contributed by atoms with E-state index in [0.717, 1.165) is 24.2 Å². The summed E-state index contributed by atoms with van der Waals surface area (Å²) in [4.78, 5) is 16.3. The number of nitrogens with one attached hydrogen (secondary N) is 2. The molecule has 0 aliphatic heterocycles. The summed E-state index contributed by atoms with van der Waals surface area (Å²) in [6, 6.07) is 5.21. The molecule has 2 aromatic rings. The first-order valence-corrected chi connectivity index (χ1v) is 7.72. The van der Waals surface area contributed by atoms with Crippen LogP contribution in [0.1, 0.15) is 38.0 Å². The number of aromatic nitrogens is 1. The van der Waals surface area contributed by atoms with Gasteiger partial charge in [0, 0.05) is 30.8 Å². The number of rotatable bonds is 6. The van der Waals surface area contributed by atoms with E-state index < -0.39 is 0 Å². The van der Waals surface area contributed by atoms with E-state index in [0.29, 0.717) is 30.2 Å². The van der Waals surface area contributed by atoms with Crippen LogP contribution in [0.25, 0.3) is 11.1 Å². The van der Waals surface area contributed by atoms with E-state index in [1.54, 1.807) is 6.07 Å². The summed E-state index contributed by atoms with van der Waals surface area (Å²) < 4.78 is 5.73. The number of hydrogen-bond acceptors (Lipinski definition) is 4. The average molecular weight is 303 g/mol. The van der Waals surface area contributed by atoms with Gasteiger partial charge in [0.05, 0.1) is 0 Å². The summed E-state index contributed by atoms with van der Waals surface area (Å²) in [6.07, 6.45) is 2.97. The number of oxazole rings is 1. The van der Waals surface area contributed by atoms with Gasteiger partial charge in [-0.1, -0.05) is 6.92 Å². The van der Waals surface area contributed by atoms with Crippen molar-refractivity contribution in [2.45, 2.75) is 32.1 Å². The van der Waals surface area contributed by atoms with Gasteiger partial charge < -0.3 is 20.2 Å². The molecule has 1 aromatic heterocycles. The summed E-state index contributed by atoms with van der Waals surface area (Å²) >= 11 is 0. The first-order valence-electron chi connectivity index (χ1n) is 7.72. The number of amides is 2. The molecule has 6 heteroatoms. The van der Waals surface area contributed by atoms with E-state index in [9.17, 15) is 4.79 Å². The van der Waals surface area contributed by atoms with Crippen molar-refractivity contribution in [3.05, 3.63) is 24.1 Å². The number of aliphatic hydroxyl groups is 1. The highest BCUT2D eigenvalue weighted by Gasteiger charge is 2.28. The van der Waals surface area contributed by atoms with Crippen molar-refractivity contribution < 1.29 is 14.3 Å². The Labute approximate surface area is 128 Å². The highest BCUT2D eigenvalue weighted by atomic mass is 16.3. The van der Waals surface area contributed by atoms with Crippen molar-refractivity contribution in [1.29, 1.82) is 0 Å². The second-order valence-electron chi connectivity index (χ2n) is 5.96. The molecule has 3 N–H and O–H groups in total. The van der Waals surface area contributed by atoms with Crippen LogP contribution in [0.4, 0.5) is 10.5 Å². The number of hydrogen-bond donors (Lipinski definition) is 3. The largest absolute Gasteiger partial charge is 0.440 e. The van der Waals surface area contributed by atoms with Crippen molar-refractivity contribution in [3.8, 4) is 0 Å². The zero-order valence-electron chi connectivity index (χ0n) is 12.6. The van der Waals surface area contributed by atoms with Crippen LogP contribution < -0.4 is 10.6 Å². The maximum atomic E-state index is 11.8. The molecule has 0 saturated heterocycles. The fourth-order valence-electron chi connectivity index (χ4n) is 2.29. The minimum Gasteiger partial charge on any atom is -0.440 e. The maximum absolute atomic E-state index is 11.8. The predicted molar refractivity (Wildman–Crippen MR) is 83.9 cm³/mol. The summed E-state index contributed by atoms with van der Waals surface area (Å²) in [5.41, 5.74) is 2.20. The maximum Gasteiger partial charge on any atom is 0.319 e. The normalized spacial score (nSPS) is 15.7. The average Bonchev–Trinajstić information content (AvgIpc) is 3.25. The first kappa shape index (κ1) is 14.8. The van der Waals surface area contributed by atoms with Gasteiger partial charge in [-0.25, -0.2) is 9.78 Å². The van der Waals surface area contributed by atoms with Gasteiger partial charge in [0.25, 0.3) is 0 Å². The van der Waals surface area contributed by atoms with E-state index in [4.69, 9.17) is 9.52 Å². The zero-order chi connectivity index (χ0) is 15.5. The molecule has 6 nitrogen and oxygen atoms in total. The molecule has 1 fully saturated rings. The van der Waals surface area contributed by atoms with E-state index in [1.807, 2.05) is 19.1 Å². The molecule has 1 heterocycles. The Hall–Kier alpha value is -2.08. The fraction of sp³-hybridized carbons (Fsp3) is 0.500. The molecule has 0 bridgehead atoms. The molecule has 1 aromatic carbocycles. The Kier molecular flexibility index (Phi) is 4.29. The molecule has 0 radical (unpaired) electrons. The van der Waals surface area contributed by atoms with Crippen LogP contribution in [0.15, 0.2) is 22.6 Å². The number of carbonyl (C=O) groups is 1. The summed E-state index contributed by atoms with van der Waals surface area (Å²) in [5.74, 6) is 1.52. The second-order valence-corrected chi connectivity index (χ2v) is 5.96. The minimum absolute atomic E-state index is 0.135. The van der Waals surface area contributed by atoms with Crippen LogP contribution >= 0.6 is 0 Å². The molecule has 3 rings (SSSR count). The first-order chi connectivity index (χ1) is 10.7. The SMILES string of the molecule is CC(CCO)CNC(=O)Nc1ccc2nc(C3CC3)oc2c1. The fourth-order valence-corrected chi connectivity index (χ4v) is 2.29. The Morgan fingerprint density at radius 3 is 3.05 bits per heavy atom. The lowest BCUT2D eigenvalue weighted by molar-refractivity contribution is 0.243. The Morgan fingerprint density at radius 1 is 1.50 bits per heavy atom. The Balaban J connectivity index is 1.59. The summed E-state index contributed by atoms with van der Waals surface area (Å²) in [5, 5.41) is 14.4. The van der Waals surface area contributed by atoms with Crippen molar-refractivity contribution >= 4 is 22.8 Å². The lowest BCUT2D eigenvalue weighted by atomic mass is 10.1. The number of benzene rings is 1. The molecule has 1 aliphatic rings. The summed E-state index contributed by atoms with van der Waals surface area (Å²) in [6.45, 7) is 2.65. The number of carbonyl (C=O) groups excluding carboxylic acids is 1. The minimum atomic E-state index is -0.258. The van der Waals surface area contributed by atoms with Gasteiger partial charge in [0.15, 0.2) is 11.5 Å². The van der Waals surface area contributed by atoms with Gasteiger partial charge in [0.1, 0.15) is 5.52 Å². The molecule has 22 heavy (non-hydrogen) atoms. The topological polar surface area (TPSA) is 87.4 Å². The van der Waals surface area contributed by atoms with E-state index in [-0.39, 0.29) is 18.6 Å². The molecule has 1 atom stereocenters. The van der Waals surface area contributed by atoms with E-state index >= 15 is 0 Å². The number of nitrogens with zero attached hydrogens (tertiary/aromatic N) is 1. The van der Waals surface area contributed by atoms with Crippen LogP contribution in [0.2, 0.25) is 0 Å². The van der Waals surface area contributed by atoms with Crippen molar-refractivity contribution in [3.63, 3.8) is 0 Å². The van der Waals surface area contributed by atoms with Gasteiger partial charge in [-0.15, -0.1) is 0 Å². The van der Waals surface area contributed by atoms with Crippen LogP contribution in [0.3, 0.4) is 0 Å². The van der Waals surface area contributed by atoms with E-state index in [1.165, 1.54) is 0 Å². The molecule has 1 unspecified atom stereocenters. The van der Waals surface area contributed by atoms with Crippen LogP contribution in [-0.2, 0) is 0 Å². The molecule has 1 saturated carbocycles. The number of aliphatic hydroxyl groups excluding tert-OH is 1. The van der Waals surface area contributed by atoms with Gasteiger partial charge in [-0.2, -0.15) is 0 Å². The molecular weight excluding hydrogens is 282 g/mol. The molecule has 1 aliphatic carbocycles. The van der Waals surface area contributed by atoms with E-state index in [2.05, 4.69) is 15.6 Å². The van der Waals surface area contributed by atoms with Crippen molar-refractivity contribution in [2.24, 2.45) is 5.92 Å². The quantitative estimate of drug-likeness (QED) is 0.765. The van der Waals surface area contributed by atoms with Crippen LogP contribution in [-0.4, -0.2) is 29.3 Å². The smallest absolute Gasteiger partial charge is 0.319 e. The van der Waals surface area contributed by atoms with Gasteiger partial charge in [-0.3, -0.25) is 0 Å². The third-order valence-corrected chi connectivity index (χ3v) is 3.82. The Morgan fingerprint density at radius 2 is 2.32 bits per heavy atom. The molecular formula is C16H21N3O3. The number of urea groups is 1. The molecule has 118 valence electrons. The predicted octanol–water partition coefficient (Wildman–Crippen LogP) is 2.85. The Bertz CT molecular complexity index is 664. The molecule has 2 amide bonds. The highest BCUT2D eigenvalue weighted by Crippen LogP contribution is 2.40. The van der Waals surface area contributed by atoms with Crippen LogP contribution in [0, 0.1) is 5.92 Å². The van der Waals surface area contributed by atoms with Crippen LogP contribution in [0.5, 0.6) is 0 Å². The highest BCUT2D eigenvalue weighted by molar-refractivity contribution is 5.91. The lowest BCUT2D eigenvalue weighted by Gasteiger charge is -2.11. The summed E-state index contributed by atoms with van der Waals surface area (Å²) in [7, 11) is 0. The number of anilines is 1. The van der Waals surface area contributed by atoms with Gasteiger partial charge in [-0.05, 0) is 37.3 Å². The molecule has 0 spiro atoms. The van der Waals surface area contributed by atoms with Gasteiger partial charge in [0.2, 0.25) is 0 Å². The third kappa shape index (κ3) is 3.57. The van der Waals surface area contributed by atoms with Gasteiger partial charge >= 0.3 is 6.03 Å². The number of fused-ring (bicyclic) bond motifs is 1. The third-order valence-electron chi connectivity index (χ3n) is 3.82.